The van der Waals surface area contributed by atoms with Crippen molar-refractivity contribution in [1.82, 2.24) is 19.4 Å². The van der Waals surface area contributed by atoms with Gasteiger partial charge in [0.2, 0.25) is 0 Å². The van der Waals surface area contributed by atoms with Gasteiger partial charge in [0.25, 0.3) is 0 Å². The van der Waals surface area contributed by atoms with Gasteiger partial charge in [-0.25, -0.2) is 15.0 Å². The van der Waals surface area contributed by atoms with Crippen LogP contribution in [0.25, 0.3) is 17.2 Å². The molecular formula is C13H11N5O2. The van der Waals surface area contributed by atoms with E-state index in [-0.39, 0.29) is 5.69 Å². The zero-order valence-corrected chi connectivity index (χ0v) is 10.9. The summed E-state index contributed by atoms with van der Waals surface area (Å²) < 4.78 is 1.87. The van der Waals surface area contributed by atoms with Crippen LogP contribution in [0.15, 0.2) is 30.7 Å². The first-order valence-electron chi connectivity index (χ1n) is 5.98. The van der Waals surface area contributed by atoms with Crippen molar-refractivity contribution in [3.8, 4) is 11.5 Å². The van der Waals surface area contributed by atoms with Crippen LogP contribution in [0, 0.1) is 24.0 Å². The van der Waals surface area contributed by atoms with E-state index in [1.54, 1.807) is 13.1 Å². The van der Waals surface area contributed by atoms with Crippen molar-refractivity contribution in [2.45, 2.75) is 13.8 Å². The molecule has 100 valence electrons. The Balaban J connectivity index is 2.18. The van der Waals surface area contributed by atoms with E-state index in [1.807, 2.05) is 29.7 Å². The van der Waals surface area contributed by atoms with Gasteiger partial charge >= 0.3 is 5.69 Å². The lowest BCUT2D eigenvalue weighted by Crippen LogP contribution is -2.00. The SMILES string of the molecule is Cc1ccc2ncc(-c3ncc([N+](=O)[O-])c(C)n3)n2c1. The molecular weight excluding hydrogens is 258 g/mol. The van der Waals surface area contributed by atoms with E-state index in [4.69, 9.17) is 0 Å². The fraction of sp³-hybridized carbons (Fsp3) is 0.154. The second kappa shape index (κ2) is 4.37. The van der Waals surface area contributed by atoms with Gasteiger partial charge in [-0.15, -0.1) is 0 Å². The predicted octanol–water partition coefficient (Wildman–Crippen LogP) is 2.32. The molecule has 3 rings (SSSR count). The Morgan fingerprint density at radius 3 is 2.70 bits per heavy atom. The van der Waals surface area contributed by atoms with Crippen molar-refractivity contribution in [3.63, 3.8) is 0 Å². The standard InChI is InChI=1S/C13H11N5O2/c1-8-3-4-12-14-6-11(17(12)7-8)13-15-5-10(18(19)20)9(2)16-13/h3-7H,1-2H3. The highest BCUT2D eigenvalue weighted by atomic mass is 16.6. The van der Waals surface area contributed by atoms with Crippen molar-refractivity contribution >= 4 is 11.3 Å². The Kier molecular flexibility index (Phi) is 2.67. The first kappa shape index (κ1) is 12.2. The van der Waals surface area contributed by atoms with Gasteiger partial charge in [-0.2, -0.15) is 0 Å². The maximum absolute atomic E-state index is 10.8. The van der Waals surface area contributed by atoms with E-state index in [9.17, 15) is 10.1 Å². The molecule has 3 aromatic heterocycles. The topological polar surface area (TPSA) is 86.2 Å². The number of hydrogen-bond acceptors (Lipinski definition) is 5. The largest absolute Gasteiger partial charge is 0.308 e. The Morgan fingerprint density at radius 2 is 2.00 bits per heavy atom. The second-order valence-corrected chi connectivity index (χ2v) is 4.50. The summed E-state index contributed by atoms with van der Waals surface area (Å²) in [7, 11) is 0. The molecule has 0 aliphatic carbocycles. The smallest absolute Gasteiger partial charge is 0.297 e. The highest BCUT2D eigenvalue weighted by molar-refractivity contribution is 5.58. The van der Waals surface area contributed by atoms with E-state index in [0.29, 0.717) is 17.2 Å². The lowest BCUT2D eigenvalue weighted by Gasteiger charge is -2.03. The number of fused-ring (bicyclic) bond motifs is 1. The lowest BCUT2D eigenvalue weighted by molar-refractivity contribution is -0.386. The van der Waals surface area contributed by atoms with Crippen molar-refractivity contribution in [1.29, 1.82) is 0 Å². The second-order valence-electron chi connectivity index (χ2n) is 4.50. The maximum atomic E-state index is 10.8. The number of rotatable bonds is 2. The maximum Gasteiger partial charge on any atom is 0.308 e. The molecule has 0 aliphatic rings. The number of hydrogen-bond donors (Lipinski definition) is 0. The van der Waals surface area contributed by atoms with E-state index in [0.717, 1.165) is 11.2 Å². The minimum Gasteiger partial charge on any atom is -0.297 e. The minimum atomic E-state index is -0.488. The van der Waals surface area contributed by atoms with Crippen LogP contribution in [0.3, 0.4) is 0 Å². The summed E-state index contributed by atoms with van der Waals surface area (Å²) in [5.74, 6) is 0.422. The highest BCUT2D eigenvalue weighted by Gasteiger charge is 2.16. The van der Waals surface area contributed by atoms with Crippen LogP contribution in [0.2, 0.25) is 0 Å². The normalized spacial score (nSPS) is 10.9. The van der Waals surface area contributed by atoms with Gasteiger partial charge in [-0.1, -0.05) is 6.07 Å². The summed E-state index contributed by atoms with van der Waals surface area (Å²) in [5.41, 5.74) is 2.82. The van der Waals surface area contributed by atoms with Gasteiger partial charge in [0.15, 0.2) is 5.82 Å². The molecule has 20 heavy (non-hydrogen) atoms. The molecule has 3 aromatic rings. The van der Waals surface area contributed by atoms with Gasteiger partial charge in [0.05, 0.1) is 11.1 Å². The third-order valence-electron chi connectivity index (χ3n) is 3.03. The van der Waals surface area contributed by atoms with E-state index < -0.39 is 4.92 Å². The van der Waals surface area contributed by atoms with Gasteiger partial charge in [-0.3, -0.25) is 14.5 Å². The average molecular weight is 269 g/mol. The van der Waals surface area contributed by atoms with Gasteiger partial charge in [0, 0.05) is 6.20 Å². The summed E-state index contributed by atoms with van der Waals surface area (Å²) >= 11 is 0. The van der Waals surface area contributed by atoms with Crippen LogP contribution in [-0.2, 0) is 0 Å². The molecule has 0 amide bonds. The fourth-order valence-electron chi connectivity index (χ4n) is 2.02. The minimum absolute atomic E-state index is 0.0845. The number of aromatic nitrogens is 4. The Bertz CT molecular complexity index is 825. The first-order valence-corrected chi connectivity index (χ1v) is 5.98. The predicted molar refractivity (Wildman–Crippen MR) is 72.3 cm³/mol. The van der Waals surface area contributed by atoms with Crippen LogP contribution < -0.4 is 0 Å². The third kappa shape index (κ3) is 1.89. The van der Waals surface area contributed by atoms with Crippen molar-refractivity contribution < 1.29 is 4.92 Å². The van der Waals surface area contributed by atoms with Crippen LogP contribution in [0.5, 0.6) is 0 Å². The number of aryl methyl sites for hydroxylation is 2. The number of imidazole rings is 1. The Morgan fingerprint density at radius 1 is 1.20 bits per heavy atom. The molecule has 0 fully saturated rings. The molecule has 0 aromatic carbocycles. The molecule has 0 saturated heterocycles. The van der Waals surface area contributed by atoms with Crippen molar-refractivity contribution in [2.75, 3.05) is 0 Å². The van der Waals surface area contributed by atoms with Crippen molar-refractivity contribution in [3.05, 3.63) is 52.1 Å². The van der Waals surface area contributed by atoms with Gasteiger partial charge < -0.3 is 0 Å². The molecule has 0 N–H and O–H groups in total. The zero-order valence-electron chi connectivity index (χ0n) is 10.9. The third-order valence-corrected chi connectivity index (χ3v) is 3.03. The molecule has 0 bridgehead atoms. The average Bonchev–Trinajstić information content (AvgIpc) is 2.81. The van der Waals surface area contributed by atoms with Gasteiger partial charge in [0.1, 0.15) is 23.2 Å². The van der Waals surface area contributed by atoms with E-state index >= 15 is 0 Å². The number of nitro groups is 1. The highest BCUT2D eigenvalue weighted by Crippen LogP contribution is 2.21. The summed E-state index contributed by atoms with van der Waals surface area (Å²) in [6, 6.07) is 3.87. The quantitative estimate of drug-likeness (QED) is 0.526. The number of pyridine rings is 1. The van der Waals surface area contributed by atoms with Crippen LogP contribution in [0.1, 0.15) is 11.3 Å². The molecule has 0 atom stereocenters. The molecule has 7 heteroatoms. The monoisotopic (exact) mass is 269 g/mol. The Hall–Kier alpha value is -2.83. The molecule has 0 spiro atoms. The Labute approximate surface area is 114 Å². The summed E-state index contributed by atoms with van der Waals surface area (Å²) in [4.78, 5) is 22.8. The number of nitrogens with zero attached hydrogens (tertiary/aromatic N) is 5. The van der Waals surface area contributed by atoms with E-state index in [2.05, 4.69) is 15.0 Å². The van der Waals surface area contributed by atoms with Crippen LogP contribution >= 0.6 is 0 Å². The van der Waals surface area contributed by atoms with Crippen molar-refractivity contribution in [2.24, 2.45) is 0 Å². The molecule has 0 radical (unpaired) electrons. The summed E-state index contributed by atoms with van der Waals surface area (Å²) in [6.07, 6.45) is 4.82. The van der Waals surface area contributed by atoms with Crippen LogP contribution in [0.4, 0.5) is 5.69 Å². The summed E-state index contributed by atoms with van der Waals surface area (Å²) in [6.45, 7) is 3.57. The summed E-state index contributed by atoms with van der Waals surface area (Å²) in [5, 5.41) is 10.8. The first-order chi connectivity index (χ1) is 9.56. The lowest BCUT2D eigenvalue weighted by atomic mass is 10.3. The van der Waals surface area contributed by atoms with Crippen LogP contribution in [-0.4, -0.2) is 24.3 Å². The molecule has 0 saturated carbocycles. The fourth-order valence-corrected chi connectivity index (χ4v) is 2.02. The zero-order chi connectivity index (χ0) is 14.3. The van der Waals surface area contributed by atoms with Gasteiger partial charge in [-0.05, 0) is 25.5 Å². The molecule has 3 heterocycles. The molecule has 0 aliphatic heterocycles. The molecule has 0 unspecified atom stereocenters. The van der Waals surface area contributed by atoms with E-state index in [1.165, 1.54) is 6.20 Å². The molecule has 7 nitrogen and oxygen atoms in total.